The van der Waals surface area contributed by atoms with E-state index in [1.54, 1.807) is 17.1 Å². The lowest BCUT2D eigenvalue weighted by molar-refractivity contribution is -0.134. The maximum absolute atomic E-state index is 14.3. The minimum atomic E-state index is -2.87. The van der Waals surface area contributed by atoms with Gasteiger partial charge in [0.05, 0.1) is 60.3 Å². The largest absolute Gasteiger partial charge is 0.374 e. The molecule has 4 N–H and O–H groups in total. The van der Waals surface area contributed by atoms with Gasteiger partial charge in [-0.25, -0.2) is 18.3 Å². The molecule has 5 aromatic rings. The molecule has 1 saturated carbocycles. The number of ether oxygens (including phenoxy) is 1. The molecule has 5 aliphatic rings. The number of rotatable bonds is 11. The molecule has 5 fully saturated rings. The zero-order chi connectivity index (χ0) is 41.8. The standard InChI is InChI=1S/C42H48F2N12O5/c43-39(44)38-33(48-42(60)31-18-46-55-11-10-34(49-40(31)55)54-20-27-16-26(54)23-61-27)21-56(51-38)25-6-4-24(5-7-25)19-52-12-14-53(15-13-52)22-36(58)47-32-3-1-2-28-30(17-45-37(28)32)29-8-9-35(57)50-41(29)59/h1-3,10-11,17-18,21,24-27,29,39,45H,4-9,12-16,19-20,22-23H2,(H,47,58)(H,48,60)(H,50,57,59)/t24?,25?,26-,27-,29+/m1/s1. The number of fused-ring (bicyclic) bond motifs is 4. The van der Waals surface area contributed by atoms with Crippen LogP contribution >= 0.6 is 0 Å². The summed E-state index contributed by atoms with van der Waals surface area (Å²) in [4.78, 5) is 65.6. The lowest BCUT2D eigenvalue weighted by Crippen LogP contribution is -2.49. The fourth-order valence-electron chi connectivity index (χ4n) is 9.94. The van der Waals surface area contributed by atoms with Crippen molar-refractivity contribution in [3.63, 3.8) is 0 Å². The smallest absolute Gasteiger partial charge is 0.284 e. The number of imide groups is 1. The molecule has 4 aliphatic heterocycles. The van der Waals surface area contributed by atoms with E-state index in [1.165, 1.54) is 16.9 Å². The van der Waals surface area contributed by atoms with Crippen LogP contribution in [0.1, 0.15) is 84.9 Å². The average molecular weight is 839 g/mol. The first kappa shape index (κ1) is 39.4. The Balaban J connectivity index is 0.699. The van der Waals surface area contributed by atoms with Crippen molar-refractivity contribution in [3.05, 3.63) is 65.9 Å². The molecule has 19 heteroatoms. The first-order valence-electron chi connectivity index (χ1n) is 21.2. The number of anilines is 3. The van der Waals surface area contributed by atoms with Crippen molar-refractivity contribution in [1.82, 2.24) is 44.5 Å². The van der Waals surface area contributed by atoms with Crippen LogP contribution < -0.4 is 20.9 Å². The minimum Gasteiger partial charge on any atom is -0.374 e. The van der Waals surface area contributed by atoms with Crippen LogP contribution in [0.3, 0.4) is 0 Å². The highest BCUT2D eigenvalue weighted by molar-refractivity contribution is 6.08. The van der Waals surface area contributed by atoms with Gasteiger partial charge in [0.25, 0.3) is 12.3 Å². The number of aromatic nitrogens is 6. The Bertz CT molecular complexity index is 2490. The van der Waals surface area contributed by atoms with Crippen molar-refractivity contribution >= 4 is 57.4 Å². The zero-order valence-corrected chi connectivity index (χ0v) is 33.6. The molecule has 3 atom stereocenters. The minimum absolute atomic E-state index is 0.0153. The highest BCUT2D eigenvalue weighted by Gasteiger charge is 2.40. The first-order valence-corrected chi connectivity index (χ1v) is 21.2. The maximum Gasteiger partial charge on any atom is 0.284 e. The number of piperazine rings is 1. The van der Waals surface area contributed by atoms with Crippen LogP contribution in [-0.2, 0) is 19.1 Å². The molecule has 17 nitrogen and oxygen atoms in total. The zero-order valence-electron chi connectivity index (χ0n) is 33.6. The van der Waals surface area contributed by atoms with Crippen LogP contribution in [0.4, 0.5) is 26.0 Å². The molecule has 0 radical (unpaired) electrons. The Morgan fingerprint density at radius 3 is 2.54 bits per heavy atom. The van der Waals surface area contributed by atoms with Crippen LogP contribution in [0, 0.1) is 5.92 Å². The van der Waals surface area contributed by atoms with Crippen molar-refractivity contribution in [1.29, 1.82) is 0 Å². The molecule has 0 unspecified atom stereocenters. The maximum atomic E-state index is 14.3. The molecule has 2 bridgehead atoms. The number of carbonyl (C=O) groups is 4. The Labute approximate surface area is 349 Å². The third-order valence-corrected chi connectivity index (χ3v) is 13.2. The van der Waals surface area contributed by atoms with Gasteiger partial charge in [-0.2, -0.15) is 10.2 Å². The van der Waals surface area contributed by atoms with Crippen LogP contribution in [0.25, 0.3) is 16.6 Å². The summed E-state index contributed by atoms with van der Waals surface area (Å²) in [6, 6.07) is 7.65. The van der Waals surface area contributed by atoms with Gasteiger partial charge >= 0.3 is 0 Å². The number of hydrogen-bond acceptors (Lipinski definition) is 11. The number of morpholine rings is 1. The number of alkyl halides is 2. The van der Waals surface area contributed by atoms with Gasteiger partial charge < -0.3 is 30.2 Å². The van der Waals surface area contributed by atoms with E-state index in [0.717, 1.165) is 93.7 Å². The molecule has 10 rings (SSSR count). The van der Waals surface area contributed by atoms with Crippen molar-refractivity contribution in [3.8, 4) is 0 Å². The van der Waals surface area contributed by atoms with Crippen LogP contribution in [0.15, 0.2) is 49.1 Å². The molecular formula is C42H48F2N12O5. The predicted molar refractivity (Wildman–Crippen MR) is 220 cm³/mol. The summed E-state index contributed by atoms with van der Waals surface area (Å²) in [6.45, 7) is 5.76. The second-order valence-corrected chi connectivity index (χ2v) is 17.0. The number of piperidine rings is 1. The summed E-state index contributed by atoms with van der Waals surface area (Å²) in [6.07, 6.45) is 8.89. The number of carbonyl (C=O) groups excluding carboxylic acids is 4. The monoisotopic (exact) mass is 838 g/mol. The number of hydrogen-bond donors (Lipinski definition) is 4. The summed E-state index contributed by atoms with van der Waals surface area (Å²) in [7, 11) is 0. The lowest BCUT2D eigenvalue weighted by atomic mass is 9.85. The molecule has 4 amide bonds. The van der Waals surface area contributed by atoms with Gasteiger partial charge in [0.2, 0.25) is 17.7 Å². The molecule has 1 aliphatic carbocycles. The topological polar surface area (TPSA) is 187 Å². The number of benzene rings is 1. The highest BCUT2D eigenvalue weighted by Crippen LogP contribution is 2.37. The molecule has 4 aromatic heterocycles. The number of aromatic amines is 1. The molecular weight excluding hydrogens is 791 g/mol. The van der Waals surface area contributed by atoms with E-state index in [-0.39, 0.29) is 53.7 Å². The number of H-pyrrole nitrogens is 1. The van der Waals surface area contributed by atoms with Crippen LogP contribution in [0.5, 0.6) is 0 Å². The van der Waals surface area contributed by atoms with Gasteiger partial charge in [0, 0.05) is 69.7 Å². The fraction of sp³-hybridized carbons (Fsp3) is 0.500. The van der Waals surface area contributed by atoms with Gasteiger partial charge in [-0.15, -0.1) is 0 Å². The van der Waals surface area contributed by atoms with Crippen molar-refractivity contribution in [2.24, 2.45) is 5.92 Å². The van der Waals surface area contributed by atoms with Gasteiger partial charge in [-0.1, -0.05) is 12.1 Å². The van der Waals surface area contributed by atoms with Crippen molar-refractivity contribution in [2.45, 2.75) is 75.5 Å². The Morgan fingerprint density at radius 2 is 1.79 bits per heavy atom. The van der Waals surface area contributed by atoms with Crippen LogP contribution in [-0.4, -0.2) is 127 Å². The second-order valence-electron chi connectivity index (χ2n) is 17.0. The van der Waals surface area contributed by atoms with E-state index >= 15 is 0 Å². The summed E-state index contributed by atoms with van der Waals surface area (Å²) >= 11 is 0. The second kappa shape index (κ2) is 16.2. The predicted octanol–water partition coefficient (Wildman–Crippen LogP) is 4.08. The summed E-state index contributed by atoms with van der Waals surface area (Å²) in [5, 5.41) is 17.6. The number of para-hydroxylation sites is 1. The van der Waals surface area contributed by atoms with E-state index in [9.17, 15) is 28.0 Å². The van der Waals surface area contributed by atoms with E-state index in [0.29, 0.717) is 36.7 Å². The number of amides is 4. The molecule has 320 valence electrons. The van der Waals surface area contributed by atoms with E-state index in [4.69, 9.17) is 9.72 Å². The number of nitrogens with zero attached hydrogens (tertiary/aromatic N) is 8. The van der Waals surface area contributed by atoms with E-state index < -0.39 is 23.9 Å². The summed E-state index contributed by atoms with van der Waals surface area (Å²) in [5.74, 6) is -0.492. The normalized spacial score (nSPS) is 24.9. The highest BCUT2D eigenvalue weighted by atomic mass is 19.3. The number of halogens is 2. The quantitative estimate of drug-likeness (QED) is 0.141. The van der Waals surface area contributed by atoms with Gasteiger partial charge in [-0.05, 0) is 62.1 Å². The third kappa shape index (κ3) is 7.85. The van der Waals surface area contributed by atoms with Gasteiger partial charge in [0.1, 0.15) is 11.4 Å². The van der Waals surface area contributed by atoms with Crippen molar-refractivity contribution in [2.75, 3.05) is 68.0 Å². The van der Waals surface area contributed by atoms with Crippen molar-refractivity contribution < 1.29 is 32.7 Å². The van der Waals surface area contributed by atoms with Gasteiger partial charge in [0.15, 0.2) is 11.3 Å². The first-order chi connectivity index (χ1) is 29.6. The molecule has 8 heterocycles. The van der Waals surface area contributed by atoms with Gasteiger partial charge in [-0.3, -0.25) is 34.1 Å². The Hall–Kier alpha value is -5.79. The number of nitrogens with one attached hydrogen (secondary N) is 4. The molecule has 0 spiro atoms. The lowest BCUT2D eigenvalue weighted by Gasteiger charge is -2.38. The molecule has 1 aromatic carbocycles. The fourth-order valence-corrected chi connectivity index (χ4v) is 9.94. The Morgan fingerprint density at radius 1 is 0.967 bits per heavy atom. The summed E-state index contributed by atoms with van der Waals surface area (Å²) in [5.41, 5.74) is 2.27. The molecule has 61 heavy (non-hydrogen) atoms. The average Bonchev–Trinajstić information content (AvgIpc) is 4.11. The third-order valence-electron chi connectivity index (χ3n) is 13.2. The SMILES string of the molecule is O=C1CC[C@@H](c2c[nH]c3c(NC(=O)CN4CCN(CC5CCC(n6cc(NC(=O)c7cnn8ccc(N9C[C@H]%10C[C@@H]9CO%10)nc78)c(C(F)F)n6)CC5)CC4)cccc23)C(=O)N1. The van der Waals surface area contributed by atoms with E-state index in [2.05, 4.69) is 45.8 Å². The molecule has 4 saturated heterocycles. The summed E-state index contributed by atoms with van der Waals surface area (Å²) < 4.78 is 37.4. The van der Waals surface area contributed by atoms with Crippen LogP contribution in [0.2, 0.25) is 0 Å². The van der Waals surface area contributed by atoms with E-state index in [1.807, 2.05) is 24.3 Å². The Kier molecular flexibility index (Phi) is 10.5.